The van der Waals surface area contributed by atoms with Gasteiger partial charge in [-0.2, -0.15) is 0 Å². The zero-order valence-electron chi connectivity index (χ0n) is 20.1. The molecule has 2 aromatic carbocycles. The Kier molecular flexibility index (Phi) is 8.35. The minimum atomic E-state index is -0.216. The van der Waals surface area contributed by atoms with E-state index in [1.54, 1.807) is 14.2 Å². The molecule has 1 atom stereocenters. The zero-order valence-corrected chi connectivity index (χ0v) is 20.1. The number of benzene rings is 2. The highest BCUT2D eigenvalue weighted by Gasteiger charge is 2.23. The van der Waals surface area contributed by atoms with Gasteiger partial charge in [-0.3, -0.25) is 4.79 Å². The van der Waals surface area contributed by atoms with Gasteiger partial charge in [-0.15, -0.1) is 0 Å². The fraction of sp³-hybridized carbons (Fsp3) is 0.286. The number of imidazole rings is 1. The molecule has 7 nitrogen and oxygen atoms in total. The molecule has 0 saturated carbocycles. The predicted molar refractivity (Wildman–Crippen MR) is 135 cm³/mol. The lowest BCUT2D eigenvalue weighted by atomic mass is 9.92. The van der Waals surface area contributed by atoms with Crippen molar-refractivity contribution in [3.63, 3.8) is 0 Å². The summed E-state index contributed by atoms with van der Waals surface area (Å²) in [6.07, 6.45) is 4.83. The van der Waals surface area contributed by atoms with Crippen molar-refractivity contribution in [1.82, 2.24) is 14.7 Å². The molecule has 4 aromatic rings. The van der Waals surface area contributed by atoms with Crippen LogP contribution in [0.5, 0.6) is 11.5 Å². The second kappa shape index (κ2) is 12.0. The molecule has 35 heavy (non-hydrogen) atoms. The smallest absolute Gasteiger partial charge is 0.221 e. The lowest BCUT2D eigenvalue weighted by Gasteiger charge is -2.18. The van der Waals surface area contributed by atoms with Gasteiger partial charge in [0.2, 0.25) is 5.91 Å². The lowest BCUT2D eigenvalue weighted by molar-refractivity contribution is -0.121. The minimum Gasteiger partial charge on any atom is -0.497 e. The standard InChI is InChI=1S/C28H31N3O4/c1-33-16-8-14-29-27(32)18-24(22-11-6-12-23(17-22)34-2)25-19-30-28-26(13-7-15-31(25)28)35-20-21-9-4-3-5-10-21/h3-7,9-13,15,17,19,24H,8,14,16,18,20H2,1-2H3,(H,29,32). The van der Waals surface area contributed by atoms with E-state index in [2.05, 4.69) is 10.3 Å². The van der Waals surface area contributed by atoms with Crippen LogP contribution in [0.4, 0.5) is 0 Å². The highest BCUT2D eigenvalue weighted by molar-refractivity contribution is 5.77. The summed E-state index contributed by atoms with van der Waals surface area (Å²) in [7, 11) is 3.30. The first-order valence-corrected chi connectivity index (χ1v) is 11.7. The Morgan fingerprint density at radius 1 is 1.06 bits per heavy atom. The van der Waals surface area contributed by atoms with Crippen molar-refractivity contribution in [3.05, 3.63) is 95.9 Å². The Morgan fingerprint density at radius 3 is 2.71 bits per heavy atom. The van der Waals surface area contributed by atoms with Crippen molar-refractivity contribution in [3.8, 4) is 11.5 Å². The van der Waals surface area contributed by atoms with E-state index >= 15 is 0 Å². The van der Waals surface area contributed by atoms with Crippen LogP contribution in [0.2, 0.25) is 0 Å². The van der Waals surface area contributed by atoms with Crippen molar-refractivity contribution in [2.45, 2.75) is 25.4 Å². The highest BCUT2D eigenvalue weighted by Crippen LogP contribution is 2.32. The molecular weight excluding hydrogens is 442 g/mol. The Labute approximate surface area is 205 Å². The minimum absolute atomic E-state index is 0.0274. The molecule has 0 aliphatic rings. The third-order valence-electron chi connectivity index (χ3n) is 5.86. The summed E-state index contributed by atoms with van der Waals surface area (Å²) in [5.41, 5.74) is 3.69. The fourth-order valence-corrected chi connectivity index (χ4v) is 4.06. The summed E-state index contributed by atoms with van der Waals surface area (Å²) in [5, 5.41) is 3.00. The number of fused-ring (bicyclic) bond motifs is 1. The second-order valence-corrected chi connectivity index (χ2v) is 8.25. The van der Waals surface area contributed by atoms with Crippen LogP contribution in [0.3, 0.4) is 0 Å². The number of hydrogen-bond donors (Lipinski definition) is 1. The quantitative estimate of drug-likeness (QED) is 0.305. The van der Waals surface area contributed by atoms with Gasteiger partial charge < -0.3 is 23.9 Å². The van der Waals surface area contributed by atoms with E-state index in [4.69, 9.17) is 14.2 Å². The van der Waals surface area contributed by atoms with E-state index < -0.39 is 0 Å². The first-order valence-electron chi connectivity index (χ1n) is 11.7. The molecular formula is C28H31N3O4. The summed E-state index contributed by atoms with van der Waals surface area (Å²) < 4.78 is 18.6. The first-order chi connectivity index (χ1) is 17.2. The Bertz CT molecular complexity index is 1240. The number of methoxy groups -OCH3 is 2. The molecule has 0 bridgehead atoms. The van der Waals surface area contributed by atoms with E-state index in [-0.39, 0.29) is 18.2 Å². The zero-order chi connectivity index (χ0) is 24.5. The van der Waals surface area contributed by atoms with Crippen molar-refractivity contribution in [2.24, 2.45) is 0 Å². The molecule has 0 aliphatic heterocycles. The van der Waals surface area contributed by atoms with Crippen LogP contribution in [0.1, 0.15) is 35.6 Å². The number of nitrogens with one attached hydrogen (secondary N) is 1. The molecule has 1 N–H and O–H groups in total. The number of carbonyl (C=O) groups is 1. The van der Waals surface area contributed by atoms with Gasteiger partial charge in [0.05, 0.1) is 12.8 Å². The second-order valence-electron chi connectivity index (χ2n) is 8.25. The maximum Gasteiger partial charge on any atom is 0.221 e. The molecule has 2 aromatic heterocycles. The van der Waals surface area contributed by atoms with Gasteiger partial charge in [0.1, 0.15) is 12.4 Å². The van der Waals surface area contributed by atoms with Gasteiger partial charge >= 0.3 is 0 Å². The molecule has 0 spiro atoms. The summed E-state index contributed by atoms with van der Waals surface area (Å²) in [4.78, 5) is 17.5. The SMILES string of the molecule is COCCCNC(=O)CC(c1cccc(OC)c1)c1cnc2c(OCc3ccccc3)cccn12. The molecule has 0 aliphatic carbocycles. The van der Waals surface area contributed by atoms with Crippen molar-refractivity contribution in [2.75, 3.05) is 27.4 Å². The van der Waals surface area contributed by atoms with E-state index in [1.807, 2.05) is 83.5 Å². The van der Waals surface area contributed by atoms with E-state index in [0.717, 1.165) is 29.0 Å². The van der Waals surface area contributed by atoms with E-state index in [0.29, 0.717) is 31.2 Å². The van der Waals surface area contributed by atoms with Gasteiger partial charge in [-0.25, -0.2) is 4.98 Å². The topological polar surface area (TPSA) is 74.1 Å². The predicted octanol–water partition coefficient (Wildman–Crippen LogP) is 4.60. The van der Waals surface area contributed by atoms with Crippen LogP contribution in [0, 0.1) is 0 Å². The van der Waals surface area contributed by atoms with Crippen LogP contribution in [0.25, 0.3) is 5.65 Å². The maximum absolute atomic E-state index is 12.9. The third kappa shape index (κ3) is 6.19. The fourth-order valence-electron chi connectivity index (χ4n) is 4.06. The third-order valence-corrected chi connectivity index (χ3v) is 5.86. The van der Waals surface area contributed by atoms with E-state index in [9.17, 15) is 4.79 Å². The van der Waals surface area contributed by atoms with Crippen LogP contribution in [-0.4, -0.2) is 42.7 Å². The summed E-state index contributed by atoms with van der Waals surface area (Å²) in [5.74, 6) is 1.19. The number of rotatable bonds is 12. The number of hydrogen-bond acceptors (Lipinski definition) is 5. The van der Waals surface area contributed by atoms with Crippen LogP contribution >= 0.6 is 0 Å². The van der Waals surface area contributed by atoms with Gasteiger partial charge in [0, 0.05) is 45.0 Å². The number of ether oxygens (including phenoxy) is 3. The molecule has 0 fully saturated rings. The molecule has 182 valence electrons. The average molecular weight is 474 g/mol. The monoisotopic (exact) mass is 473 g/mol. The summed E-state index contributed by atoms with van der Waals surface area (Å²) in [6, 6.07) is 21.7. The van der Waals surface area contributed by atoms with Crippen molar-refractivity contribution in [1.29, 1.82) is 0 Å². The Balaban J connectivity index is 1.62. The number of aromatic nitrogens is 2. The average Bonchev–Trinajstić information content (AvgIpc) is 3.34. The first kappa shape index (κ1) is 24.3. The van der Waals surface area contributed by atoms with Gasteiger partial charge in [-0.05, 0) is 41.8 Å². The number of carbonyl (C=O) groups excluding carboxylic acids is 1. The Hall–Kier alpha value is -3.84. The van der Waals surface area contributed by atoms with Crippen LogP contribution < -0.4 is 14.8 Å². The summed E-state index contributed by atoms with van der Waals surface area (Å²) in [6.45, 7) is 1.63. The van der Waals surface area contributed by atoms with Gasteiger partial charge in [0.25, 0.3) is 0 Å². The van der Waals surface area contributed by atoms with Gasteiger partial charge in [0.15, 0.2) is 11.4 Å². The van der Waals surface area contributed by atoms with E-state index in [1.165, 1.54) is 0 Å². The molecule has 0 saturated heterocycles. The van der Waals surface area contributed by atoms with Crippen molar-refractivity contribution >= 4 is 11.6 Å². The molecule has 7 heteroatoms. The molecule has 1 amide bonds. The lowest BCUT2D eigenvalue weighted by Crippen LogP contribution is -2.27. The molecule has 0 radical (unpaired) electrons. The highest BCUT2D eigenvalue weighted by atomic mass is 16.5. The number of amides is 1. The Morgan fingerprint density at radius 2 is 1.91 bits per heavy atom. The normalized spacial score (nSPS) is 11.8. The van der Waals surface area contributed by atoms with Crippen LogP contribution in [-0.2, 0) is 16.1 Å². The van der Waals surface area contributed by atoms with Crippen LogP contribution in [0.15, 0.2) is 79.1 Å². The number of nitrogens with zero attached hydrogens (tertiary/aromatic N) is 2. The molecule has 2 heterocycles. The van der Waals surface area contributed by atoms with Gasteiger partial charge in [-0.1, -0.05) is 42.5 Å². The largest absolute Gasteiger partial charge is 0.497 e. The van der Waals surface area contributed by atoms with Crippen molar-refractivity contribution < 1.29 is 19.0 Å². The number of pyridine rings is 1. The maximum atomic E-state index is 12.9. The molecule has 4 rings (SSSR count). The molecule has 1 unspecified atom stereocenters. The summed E-state index contributed by atoms with van der Waals surface area (Å²) >= 11 is 0.